The molecule has 0 bridgehead atoms. The van der Waals surface area contributed by atoms with Gasteiger partial charge < -0.3 is 10.1 Å². The van der Waals surface area contributed by atoms with Gasteiger partial charge in [0, 0.05) is 25.6 Å². The lowest BCUT2D eigenvalue weighted by Gasteiger charge is -2.29. The second-order valence-corrected chi connectivity index (χ2v) is 7.71. The molecule has 0 saturated carbocycles. The molecular weight excluding hydrogens is 316 g/mol. The van der Waals surface area contributed by atoms with E-state index in [0.717, 1.165) is 11.3 Å². The van der Waals surface area contributed by atoms with Crippen LogP contribution in [0.15, 0.2) is 24.3 Å². The number of amides is 1. The summed E-state index contributed by atoms with van der Waals surface area (Å²) >= 11 is 0. The van der Waals surface area contributed by atoms with Gasteiger partial charge in [-0.1, -0.05) is 12.1 Å². The van der Waals surface area contributed by atoms with Gasteiger partial charge >= 0.3 is 0 Å². The molecule has 0 aromatic heterocycles. The van der Waals surface area contributed by atoms with Crippen molar-refractivity contribution in [1.82, 2.24) is 9.62 Å². The van der Waals surface area contributed by atoms with E-state index >= 15 is 0 Å². The highest BCUT2D eigenvalue weighted by Gasteiger charge is 2.28. The number of hydrogen-bond acceptors (Lipinski definition) is 4. The van der Waals surface area contributed by atoms with E-state index in [2.05, 4.69) is 5.32 Å². The third kappa shape index (κ3) is 5.21. The van der Waals surface area contributed by atoms with Gasteiger partial charge in [0.2, 0.25) is 15.9 Å². The van der Waals surface area contributed by atoms with Crippen molar-refractivity contribution < 1.29 is 17.9 Å². The van der Waals surface area contributed by atoms with E-state index in [-0.39, 0.29) is 11.8 Å². The van der Waals surface area contributed by atoms with Gasteiger partial charge in [-0.2, -0.15) is 0 Å². The molecule has 1 N–H and O–H groups in total. The van der Waals surface area contributed by atoms with Crippen molar-refractivity contribution in [2.24, 2.45) is 5.92 Å². The smallest absolute Gasteiger partial charge is 0.223 e. The molecule has 1 heterocycles. The van der Waals surface area contributed by atoms with Crippen molar-refractivity contribution in [2.75, 3.05) is 26.0 Å². The molecule has 1 aromatic carbocycles. The average molecular weight is 340 g/mol. The Morgan fingerprint density at radius 3 is 2.39 bits per heavy atom. The van der Waals surface area contributed by atoms with E-state index in [1.165, 1.54) is 10.6 Å². The van der Waals surface area contributed by atoms with E-state index in [4.69, 9.17) is 4.74 Å². The van der Waals surface area contributed by atoms with Gasteiger partial charge in [-0.3, -0.25) is 4.79 Å². The average Bonchev–Trinajstić information content (AvgIpc) is 2.53. The minimum absolute atomic E-state index is 0.00737. The number of sulfonamides is 1. The van der Waals surface area contributed by atoms with Crippen LogP contribution >= 0.6 is 0 Å². The third-order valence-electron chi connectivity index (χ3n) is 3.99. The zero-order valence-corrected chi connectivity index (χ0v) is 14.4. The highest BCUT2D eigenvalue weighted by Crippen LogP contribution is 2.19. The van der Waals surface area contributed by atoms with Crippen LogP contribution in [-0.4, -0.2) is 44.6 Å². The van der Waals surface area contributed by atoms with Gasteiger partial charge in [0.25, 0.3) is 0 Å². The maximum absolute atomic E-state index is 12.2. The molecule has 1 aliphatic heterocycles. The third-order valence-corrected chi connectivity index (χ3v) is 5.30. The van der Waals surface area contributed by atoms with Crippen molar-refractivity contribution >= 4 is 15.9 Å². The molecular formula is C16H24N2O4S. The topological polar surface area (TPSA) is 75.7 Å². The summed E-state index contributed by atoms with van der Waals surface area (Å²) < 4.78 is 29.7. The van der Waals surface area contributed by atoms with Crippen molar-refractivity contribution in [2.45, 2.75) is 26.3 Å². The monoisotopic (exact) mass is 340 g/mol. The van der Waals surface area contributed by atoms with Crippen LogP contribution in [0.25, 0.3) is 0 Å². The van der Waals surface area contributed by atoms with E-state index < -0.39 is 10.0 Å². The summed E-state index contributed by atoms with van der Waals surface area (Å²) in [5, 5.41) is 2.93. The predicted octanol–water partition coefficient (Wildman–Crippen LogP) is 1.37. The second kappa shape index (κ2) is 7.79. The molecule has 0 spiro atoms. The molecule has 6 nitrogen and oxygen atoms in total. The van der Waals surface area contributed by atoms with Crippen LogP contribution in [0.1, 0.15) is 25.3 Å². The van der Waals surface area contributed by atoms with Crippen LogP contribution in [-0.2, 0) is 21.4 Å². The van der Waals surface area contributed by atoms with E-state index in [1.54, 1.807) is 0 Å². The number of carbonyl (C=O) groups is 1. The summed E-state index contributed by atoms with van der Waals surface area (Å²) in [5.74, 6) is 0.693. The molecule has 0 aliphatic carbocycles. The molecule has 1 saturated heterocycles. The van der Waals surface area contributed by atoms with E-state index in [1.807, 2.05) is 31.2 Å². The van der Waals surface area contributed by atoms with E-state index in [9.17, 15) is 13.2 Å². The zero-order chi connectivity index (χ0) is 16.9. The summed E-state index contributed by atoms with van der Waals surface area (Å²) in [4.78, 5) is 12.2. The molecule has 1 aromatic rings. The number of nitrogens with zero attached hydrogens (tertiary/aromatic N) is 1. The molecule has 2 rings (SSSR count). The Morgan fingerprint density at radius 2 is 1.87 bits per heavy atom. The Bertz CT molecular complexity index is 620. The van der Waals surface area contributed by atoms with Crippen molar-refractivity contribution in [1.29, 1.82) is 0 Å². The molecule has 0 atom stereocenters. The van der Waals surface area contributed by atoms with Crippen LogP contribution in [0.4, 0.5) is 0 Å². The number of rotatable bonds is 6. The minimum atomic E-state index is -3.15. The van der Waals surface area contributed by atoms with Gasteiger partial charge in [0.05, 0.1) is 12.9 Å². The van der Waals surface area contributed by atoms with Gasteiger partial charge in [-0.05, 0) is 37.5 Å². The van der Waals surface area contributed by atoms with Crippen molar-refractivity contribution in [3.8, 4) is 5.75 Å². The molecule has 0 unspecified atom stereocenters. The summed E-state index contributed by atoms with van der Waals surface area (Å²) in [7, 11) is -3.15. The molecule has 1 amide bonds. The fourth-order valence-electron chi connectivity index (χ4n) is 2.65. The highest BCUT2D eigenvalue weighted by molar-refractivity contribution is 7.88. The summed E-state index contributed by atoms with van der Waals surface area (Å²) in [6.07, 6.45) is 2.35. The van der Waals surface area contributed by atoms with Crippen LogP contribution in [0, 0.1) is 5.92 Å². The van der Waals surface area contributed by atoms with Crippen LogP contribution in [0.3, 0.4) is 0 Å². The molecule has 1 fully saturated rings. The standard InChI is InChI=1S/C16H24N2O4S/c1-3-22-15-6-4-13(5-7-15)12-17-16(19)14-8-10-18(11-9-14)23(2,20)21/h4-7,14H,3,8-12H2,1-2H3,(H,17,19). The maximum atomic E-state index is 12.2. The van der Waals surface area contributed by atoms with Crippen LogP contribution in [0.5, 0.6) is 5.75 Å². The molecule has 0 radical (unpaired) electrons. The Morgan fingerprint density at radius 1 is 1.26 bits per heavy atom. The van der Waals surface area contributed by atoms with Crippen molar-refractivity contribution in [3.63, 3.8) is 0 Å². The Hall–Kier alpha value is -1.60. The van der Waals surface area contributed by atoms with Crippen LogP contribution in [0.2, 0.25) is 0 Å². The second-order valence-electron chi connectivity index (χ2n) is 5.73. The minimum Gasteiger partial charge on any atom is -0.494 e. The van der Waals surface area contributed by atoms with Gasteiger partial charge in [-0.25, -0.2) is 12.7 Å². The van der Waals surface area contributed by atoms with Gasteiger partial charge in [0.1, 0.15) is 5.75 Å². The first-order valence-electron chi connectivity index (χ1n) is 7.84. The summed E-state index contributed by atoms with van der Waals surface area (Å²) in [5.41, 5.74) is 1.01. The zero-order valence-electron chi connectivity index (χ0n) is 13.6. The summed E-state index contributed by atoms with van der Waals surface area (Å²) in [6, 6.07) is 7.63. The molecule has 128 valence electrons. The number of hydrogen-bond donors (Lipinski definition) is 1. The Balaban J connectivity index is 1.79. The number of nitrogens with one attached hydrogen (secondary N) is 1. The largest absolute Gasteiger partial charge is 0.494 e. The SMILES string of the molecule is CCOc1ccc(CNC(=O)C2CCN(S(C)(=O)=O)CC2)cc1. The molecule has 1 aliphatic rings. The fourth-order valence-corrected chi connectivity index (χ4v) is 3.53. The first-order valence-corrected chi connectivity index (χ1v) is 9.69. The normalized spacial score (nSPS) is 17.0. The van der Waals surface area contributed by atoms with Crippen LogP contribution < -0.4 is 10.1 Å². The molecule has 7 heteroatoms. The summed E-state index contributed by atoms with van der Waals surface area (Å²) in [6.45, 7) is 3.86. The molecule has 23 heavy (non-hydrogen) atoms. The fraction of sp³-hybridized carbons (Fsp3) is 0.562. The van der Waals surface area contributed by atoms with Crippen molar-refractivity contribution in [3.05, 3.63) is 29.8 Å². The lowest BCUT2D eigenvalue weighted by Crippen LogP contribution is -2.42. The predicted molar refractivity (Wildman–Crippen MR) is 88.6 cm³/mol. The first kappa shape index (κ1) is 17.7. The number of carbonyl (C=O) groups excluding carboxylic acids is 1. The number of benzene rings is 1. The highest BCUT2D eigenvalue weighted by atomic mass is 32.2. The number of ether oxygens (including phenoxy) is 1. The Kier molecular flexibility index (Phi) is 6.01. The number of piperidine rings is 1. The maximum Gasteiger partial charge on any atom is 0.223 e. The first-order chi connectivity index (χ1) is 10.9. The quantitative estimate of drug-likeness (QED) is 0.849. The van der Waals surface area contributed by atoms with E-state index in [0.29, 0.717) is 39.1 Å². The van der Waals surface area contributed by atoms with Gasteiger partial charge in [0.15, 0.2) is 0 Å². The lowest BCUT2D eigenvalue weighted by molar-refractivity contribution is -0.126. The van der Waals surface area contributed by atoms with Gasteiger partial charge in [-0.15, -0.1) is 0 Å². The lowest BCUT2D eigenvalue weighted by atomic mass is 9.97. The Labute approximate surface area is 137 Å².